The Balaban J connectivity index is 1.86. The first-order chi connectivity index (χ1) is 8.85. The Hall–Kier alpha value is -0.0800. The Morgan fingerprint density at radius 3 is 2.61 bits per heavy atom. The number of rotatable bonds is 7. The van der Waals surface area contributed by atoms with E-state index in [0.717, 1.165) is 18.0 Å². The summed E-state index contributed by atoms with van der Waals surface area (Å²) in [6, 6.07) is 1.63. The molecule has 0 aromatic carbocycles. The van der Waals surface area contributed by atoms with Crippen molar-refractivity contribution in [2.24, 2.45) is 5.92 Å². The van der Waals surface area contributed by atoms with Gasteiger partial charge in [0.1, 0.15) is 0 Å². The second-order valence-electron chi connectivity index (χ2n) is 6.30. The van der Waals surface area contributed by atoms with E-state index >= 15 is 0 Å². The average Bonchev–Trinajstić information content (AvgIpc) is 3.21. The molecule has 2 rings (SSSR count). The number of hydrogen-bond donors (Lipinski definition) is 1. The van der Waals surface area contributed by atoms with Crippen LogP contribution >= 0.6 is 0 Å². The van der Waals surface area contributed by atoms with E-state index in [0.29, 0.717) is 0 Å². The summed E-state index contributed by atoms with van der Waals surface area (Å²) in [6.07, 6.45) is 11.3. The highest BCUT2D eigenvalue weighted by molar-refractivity contribution is 4.90. The van der Waals surface area contributed by atoms with Gasteiger partial charge in [-0.05, 0) is 57.5 Å². The smallest absolute Gasteiger partial charge is 0.0223 e. The molecule has 1 aliphatic carbocycles. The molecule has 2 heteroatoms. The van der Waals surface area contributed by atoms with Crippen LogP contribution in [-0.4, -0.2) is 36.6 Å². The van der Waals surface area contributed by atoms with Crippen LogP contribution in [0.25, 0.3) is 0 Å². The van der Waals surface area contributed by atoms with E-state index in [-0.39, 0.29) is 0 Å². The molecular weight excluding hydrogens is 220 g/mol. The van der Waals surface area contributed by atoms with Crippen molar-refractivity contribution in [1.82, 2.24) is 10.2 Å². The van der Waals surface area contributed by atoms with Gasteiger partial charge in [0, 0.05) is 18.6 Å². The van der Waals surface area contributed by atoms with Crippen LogP contribution in [0.1, 0.15) is 65.2 Å². The molecule has 0 radical (unpaired) electrons. The van der Waals surface area contributed by atoms with E-state index in [9.17, 15) is 0 Å². The van der Waals surface area contributed by atoms with E-state index in [4.69, 9.17) is 0 Å². The maximum absolute atomic E-state index is 3.80. The molecule has 0 aromatic rings. The van der Waals surface area contributed by atoms with Crippen molar-refractivity contribution < 1.29 is 0 Å². The molecule has 2 fully saturated rings. The summed E-state index contributed by atoms with van der Waals surface area (Å²) in [5.41, 5.74) is 0. The Morgan fingerprint density at radius 2 is 1.94 bits per heavy atom. The maximum atomic E-state index is 3.80. The van der Waals surface area contributed by atoms with Gasteiger partial charge in [0.25, 0.3) is 0 Å². The molecule has 0 aromatic heterocycles. The predicted octanol–water partition coefficient (Wildman–Crippen LogP) is 3.42. The second kappa shape index (κ2) is 7.49. The van der Waals surface area contributed by atoms with E-state index < -0.39 is 0 Å². The summed E-state index contributed by atoms with van der Waals surface area (Å²) in [5.74, 6) is 0.984. The summed E-state index contributed by atoms with van der Waals surface area (Å²) in [7, 11) is 0. The first-order valence-electron chi connectivity index (χ1n) is 8.32. The van der Waals surface area contributed by atoms with Crippen molar-refractivity contribution in [3.63, 3.8) is 0 Å². The highest BCUT2D eigenvalue weighted by atomic mass is 15.2. The standard InChI is InChI=1S/C16H32N2/c1-3-11-17-16(14-9-10-14)13-18-12-7-5-6-8-15(18)4-2/h14-17H,3-13H2,1-2H3. The summed E-state index contributed by atoms with van der Waals surface area (Å²) in [5, 5.41) is 3.80. The Labute approximate surface area is 114 Å². The molecule has 2 unspecified atom stereocenters. The third kappa shape index (κ3) is 4.24. The highest BCUT2D eigenvalue weighted by Crippen LogP contribution is 2.33. The van der Waals surface area contributed by atoms with Crippen molar-refractivity contribution in [2.45, 2.75) is 77.3 Å². The fourth-order valence-corrected chi connectivity index (χ4v) is 3.40. The predicted molar refractivity (Wildman–Crippen MR) is 78.9 cm³/mol. The molecule has 0 bridgehead atoms. The number of hydrogen-bond acceptors (Lipinski definition) is 2. The van der Waals surface area contributed by atoms with Crippen LogP contribution in [0, 0.1) is 5.92 Å². The zero-order valence-corrected chi connectivity index (χ0v) is 12.5. The second-order valence-corrected chi connectivity index (χ2v) is 6.30. The van der Waals surface area contributed by atoms with Crippen LogP contribution in [0.4, 0.5) is 0 Å². The number of likely N-dealkylation sites (tertiary alicyclic amines) is 1. The van der Waals surface area contributed by atoms with Gasteiger partial charge in [-0.25, -0.2) is 0 Å². The van der Waals surface area contributed by atoms with Gasteiger partial charge in [-0.15, -0.1) is 0 Å². The molecule has 1 aliphatic heterocycles. The first kappa shape index (κ1) is 14.3. The molecule has 2 nitrogen and oxygen atoms in total. The van der Waals surface area contributed by atoms with Gasteiger partial charge in [-0.2, -0.15) is 0 Å². The lowest BCUT2D eigenvalue weighted by Gasteiger charge is -2.33. The molecule has 1 saturated carbocycles. The Kier molecular flexibility index (Phi) is 5.97. The number of nitrogens with one attached hydrogen (secondary N) is 1. The van der Waals surface area contributed by atoms with Gasteiger partial charge < -0.3 is 5.32 Å². The van der Waals surface area contributed by atoms with Gasteiger partial charge >= 0.3 is 0 Å². The van der Waals surface area contributed by atoms with E-state index in [1.54, 1.807) is 0 Å². The maximum Gasteiger partial charge on any atom is 0.0223 e. The summed E-state index contributed by atoms with van der Waals surface area (Å²) < 4.78 is 0. The minimum atomic E-state index is 0.775. The Morgan fingerprint density at radius 1 is 1.11 bits per heavy atom. The molecule has 1 N–H and O–H groups in total. The normalized spacial score (nSPS) is 28.0. The van der Waals surface area contributed by atoms with Crippen LogP contribution in [0.15, 0.2) is 0 Å². The van der Waals surface area contributed by atoms with Crippen LogP contribution in [0.5, 0.6) is 0 Å². The minimum absolute atomic E-state index is 0.775. The van der Waals surface area contributed by atoms with Crippen LogP contribution in [0.3, 0.4) is 0 Å². The third-order valence-electron chi connectivity index (χ3n) is 4.75. The minimum Gasteiger partial charge on any atom is -0.312 e. The van der Waals surface area contributed by atoms with Crippen molar-refractivity contribution in [3.8, 4) is 0 Å². The highest BCUT2D eigenvalue weighted by Gasteiger charge is 2.33. The molecule has 106 valence electrons. The largest absolute Gasteiger partial charge is 0.312 e. The van der Waals surface area contributed by atoms with Crippen molar-refractivity contribution in [1.29, 1.82) is 0 Å². The lowest BCUT2D eigenvalue weighted by Crippen LogP contribution is -2.46. The van der Waals surface area contributed by atoms with Crippen molar-refractivity contribution >= 4 is 0 Å². The van der Waals surface area contributed by atoms with E-state index in [1.165, 1.54) is 71.0 Å². The summed E-state index contributed by atoms with van der Waals surface area (Å²) >= 11 is 0. The van der Waals surface area contributed by atoms with Crippen molar-refractivity contribution in [2.75, 3.05) is 19.6 Å². The van der Waals surface area contributed by atoms with Crippen LogP contribution in [0.2, 0.25) is 0 Å². The molecule has 1 saturated heterocycles. The zero-order valence-electron chi connectivity index (χ0n) is 12.5. The molecule has 1 heterocycles. The van der Waals surface area contributed by atoms with Crippen LogP contribution < -0.4 is 5.32 Å². The molecule has 2 atom stereocenters. The van der Waals surface area contributed by atoms with Gasteiger partial charge in [0.2, 0.25) is 0 Å². The number of nitrogens with zero attached hydrogens (tertiary/aromatic N) is 1. The fourth-order valence-electron chi connectivity index (χ4n) is 3.40. The quantitative estimate of drug-likeness (QED) is 0.747. The Bertz CT molecular complexity index is 225. The van der Waals surface area contributed by atoms with Gasteiger partial charge in [-0.3, -0.25) is 4.90 Å². The third-order valence-corrected chi connectivity index (χ3v) is 4.75. The molecule has 0 spiro atoms. The monoisotopic (exact) mass is 252 g/mol. The van der Waals surface area contributed by atoms with Crippen LogP contribution in [-0.2, 0) is 0 Å². The molecular formula is C16H32N2. The van der Waals surface area contributed by atoms with Gasteiger partial charge in [0.15, 0.2) is 0 Å². The lowest BCUT2D eigenvalue weighted by atomic mass is 10.1. The zero-order chi connectivity index (χ0) is 12.8. The molecule has 2 aliphatic rings. The van der Waals surface area contributed by atoms with Crippen molar-refractivity contribution in [3.05, 3.63) is 0 Å². The summed E-state index contributed by atoms with van der Waals surface area (Å²) in [4.78, 5) is 2.80. The SMILES string of the molecule is CCCNC(CN1CCCCCC1CC)C1CC1. The average molecular weight is 252 g/mol. The molecule has 18 heavy (non-hydrogen) atoms. The summed E-state index contributed by atoms with van der Waals surface area (Å²) in [6.45, 7) is 8.50. The fraction of sp³-hybridized carbons (Fsp3) is 1.00. The lowest BCUT2D eigenvalue weighted by molar-refractivity contribution is 0.167. The van der Waals surface area contributed by atoms with Gasteiger partial charge in [0.05, 0.1) is 0 Å². The first-order valence-corrected chi connectivity index (χ1v) is 8.32. The topological polar surface area (TPSA) is 15.3 Å². The molecule has 0 amide bonds. The van der Waals surface area contributed by atoms with E-state index in [1.807, 2.05) is 0 Å². The van der Waals surface area contributed by atoms with Gasteiger partial charge in [-0.1, -0.05) is 26.7 Å². The van der Waals surface area contributed by atoms with E-state index in [2.05, 4.69) is 24.1 Å².